The molecular formula is C5H11Rb. The maximum absolute atomic E-state index is 3.76. The minimum absolute atomic E-state index is 0. The number of hydrogen-bond donors (Lipinski definition) is 0. The Morgan fingerprint density at radius 1 is 1.67 bits per heavy atom. The average Bonchev–Trinajstić information content (AvgIpc) is 1.38. The van der Waals surface area contributed by atoms with E-state index in [1.54, 1.807) is 0 Å². The van der Waals surface area contributed by atoms with Crippen LogP contribution in [0.5, 0.6) is 0 Å². The fourth-order valence-corrected chi connectivity index (χ4v) is 0. The summed E-state index contributed by atoms with van der Waals surface area (Å²) in [6.07, 6.45) is 1.19. The second-order valence-corrected chi connectivity index (χ2v) is 1.51. The molecule has 0 aliphatic rings. The Bertz CT molecular complexity index is 17.9. The Kier molecular flexibility index (Phi) is 12.2. The van der Waals surface area contributed by atoms with Crippen LogP contribution >= 0.6 is 0 Å². The van der Waals surface area contributed by atoms with Crippen molar-refractivity contribution in [1.82, 2.24) is 0 Å². The van der Waals surface area contributed by atoms with Gasteiger partial charge in [0.15, 0.2) is 0 Å². The molecule has 0 aliphatic carbocycles. The van der Waals surface area contributed by atoms with Gasteiger partial charge in [-0.1, -0.05) is 20.3 Å². The van der Waals surface area contributed by atoms with Gasteiger partial charge in [-0.25, -0.2) is 0 Å². The van der Waals surface area contributed by atoms with Gasteiger partial charge in [0.05, 0.1) is 0 Å². The van der Waals surface area contributed by atoms with E-state index in [0.29, 0.717) is 5.92 Å². The van der Waals surface area contributed by atoms with Gasteiger partial charge in [-0.05, 0) is 0 Å². The van der Waals surface area contributed by atoms with Crippen LogP contribution in [0.4, 0.5) is 0 Å². The molecule has 0 saturated heterocycles. The molecule has 0 N–H and O–H groups in total. The Morgan fingerprint density at radius 3 is 1.83 bits per heavy atom. The summed E-state index contributed by atoms with van der Waals surface area (Å²) in [5, 5.41) is 0. The zero-order valence-electron chi connectivity index (χ0n) is 4.99. The molecule has 0 amide bonds. The van der Waals surface area contributed by atoms with E-state index >= 15 is 0 Å². The van der Waals surface area contributed by atoms with Gasteiger partial charge in [0.2, 0.25) is 0 Å². The van der Waals surface area contributed by atoms with Crippen LogP contribution in [0, 0.1) is 12.8 Å². The van der Waals surface area contributed by atoms with E-state index in [9.17, 15) is 0 Å². The fraction of sp³-hybridized carbons (Fsp3) is 0.800. The van der Waals surface area contributed by atoms with Crippen molar-refractivity contribution >= 4 is 0 Å². The maximum atomic E-state index is 3.76. The molecule has 0 heterocycles. The third kappa shape index (κ3) is 9.26. The molecule has 0 rings (SSSR count). The second-order valence-electron chi connectivity index (χ2n) is 1.51. The molecule has 0 aromatic heterocycles. The summed E-state index contributed by atoms with van der Waals surface area (Å²) in [6, 6.07) is 0. The average molecular weight is 157 g/mol. The van der Waals surface area contributed by atoms with Gasteiger partial charge in [0.1, 0.15) is 0 Å². The SMILES string of the molecule is [CH2-]C(C)CC.[Rb+]. The Balaban J connectivity index is 0. The van der Waals surface area contributed by atoms with Gasteiger partial charge in [-0.3, -0.25) is 0 Å². The molecule has 0 nitrogen and oxygen atoms in total. The van der Waals surface area contributed by atoms with Crippen LogP contribution < -0.4 is 58.2 Å². The van der Waals surface area contributed by atoms with Crippen molar-refractivity contribution < 1.29 is 58.2 Å². The van der Waals surface area contributed by atoms with Gasteiger partial charge in [0.25, 0.3) is 0 Å². The Morgan fingerprint density at radius 2 is 1.83 bits per heavy atom. The molecule has 0 aromatic carbocycles. The van der Waals surface area contributed by atoms with Crippen LogP contribution in [-0.2, 0) is 0 Å². The minimum Gasteiger partial charge on any atom is -0.341 e. The molecule has 6 heavy (non-hydrogen) atoms. The molecule has 1 atom stereocenters. The van der Waals surface area contributed by atoms with Crippen molar-refractivity contribution in [2.45, 2.75) is 20.3 Å². The van der Waals surface area contributed by atoms with E-state index in [2.05, 4.69) is 20.8 Å². The third-order valence-corrected chi connectivity index (χ3v) is 0.697. The van der Waals surface area contributed by atoms with Crippen molar-refractivity contribution in [2.75, 3.05) is 0 Å². The summed E-state index contributed by atoms with van der Waals surface area (Å²) in [6.45, 7) is 8.00. The van der Waals surface area contributed by atoms with Crippen LogP contribution in [0.3, 0.4) is 0 Å². The first-order chi connectivity index (χ1) is 2.27. The minimum atomic E-state index is 0. The van der Waals surface area contributed by atoms with E-state index in [4.69, 9.17) is 0 Å². The van der Waals surface area contributed by atoms with E-state index < -0.39 is 0 Å². The third-order valence-electron chi connectivity index (χ3n) is 0.697. The monoisotopic (exact) mass is 156 g/mol. The molecule has 0 spiro atoms. The zero-order chi connectivity index (χ0) is 4.28. The molecule has 32 valence electrons. The molecular weight excluding hydrogens is 146 g/mol. The van der Waals surface area contributed by atoms with Crippen LogP contribution in [0.15, 0.2) is 0 Å². The number of hydrogen-bond acceptors (Lipinski definition) is 0. The van der Waals surface area contributed by atoms with Crippen LogP contribution in [0.2, 0.25) is 0 Å². The standard InChI is InChI=1S/C5H11.Rb/c1-4-5(2)3;/h5H,2,4H2,1,3H3;/q-1;+1. The summed E-state index contributed by atoms with van der Waals surface area (Å²) in [5.41, 5.74) is 0. The van der Waals surface area contributed by atoms with E-state index in [1.165, 1.54) is 6.42 Å². The zero-order valence-corrected chi connectivity index (χ0v) is 9.91. The van der Waals surface area contributed by atoms with E-state index in [0.717, 1.165) is 0 Å². The Labute approximate surface area is 89.5 Å². The van der Waals surface area contributed by atoms with Crippen molar-refractivity contribution in [1.29, 1.82) is 0 Å². The Hall–Kier alpha value is 1.81. The first kappa shape index (κ1) is 10.7. The second kappa shape index (κ2) is 6.81. The molecule has 0 aliphatic heterocycles. The topological polar surface area (TPSA) is 0 Å². The van der Waals surface area contributed by atoms with Crippen LogP contribution in [-0.4, -0.2) is 0 Å². The molecule has 0 fully saturated rings. The van der Waals surface area contributed by atoms with E-state index in [-0.39, 0.29) is 58.2 Å². The summed E-state index contributed by atoms with van der Waals surface area (Å²) in [5.74, 6) is 0.634. The van der Waals surface area contributed by atoms with Crippen molar-refractivity contribution in [3.8, 4) is 0 Å². The predicted molar refractivity (Wildman–Crippen MR) is 24.8 cm³/mol. The first-order valence-electron chi connectivity index (χ1n) is 2.10. The van der Waals surface area contributed by atoms with E-state index in [1.807, 2.05) is 0 Å². The molecule has 1 heteroatoms. The van der Waals surface area contributed by atoms with Crippen molar-refractivity contribution in [3.63, 3.8) is 0 Å². The fourth-order valence-electron chi connectivity index (χ4n) is 0. The number of rotatable bonds is 1. The molecule has 0 bridgehead atoms. The van der Waals surface area contributed by atoms with Gasteiger partial charge in [-0.15, -0.1) is 0 Å². The molecule has 1 unspecified atom stereocenters. The smallest absolute Gasteiger partial charge is 0.341 e. The summed E-state index contributed by atoms with van der Waals surface area (Å²) < 4.78 is 0. The molecule has 0 radical (unpaired) electrons. The quantitative estimate of drug-likeness (QED) is 0.422. The van der Waals surface area contributed by atoms with Gasteiger partial charge in [0, 0.05) is 0 Å². The largest absolute Gasteiger partial charge is 1.00 e. The van der Waals surface area contributed by atoms with Gasteiger partial charge >= 0.3 is 58.2 Å². The summed E-state index contributed by atoms with van der Waals surface area (Å²) in [7, 11) is 0. The predicted octanol–water partition coefficient (Wildman–Crippen LogP) is -1.13. The van der Waals surface area contributed by atoms with Crippen LogP contribution in [0.1, 0.15) is 20.3 Å². The summed E-state index contributed by atoms with van der Waals surface area (Å²) >= 11 is 0. The molecule has 0 aromatic rings. The van der Waals surface area contributed by atoms with Gasteiger partial charge in [-0.2, -0.15) is 5.92 Å². The normalized spacial score (nSPS) is 12.5. The van der Waals surface area contributed by atoms with Gasteiger partial charge < -0.3 is 6.92 Å². The van der Waals surface area contributed by atoms with Crippen molar-refractivity contribution in [3.05, 3.63) is 6.92 Å². The molecule has 0 saturated carbocycles. The summed E-state index contributed by atoms with van der Waals surface area (Å²) in [4.78, 5) is 0. The van der Waals surface area contributed by atoms with Crippen molar-refractivity contribution in [2.24, 2.45) is 5.92 Å². The van der Waals surface area contributed by atoms with Crippen LogP contribution in [0.25, 0.3) is 0 Å². The maximum Gasteiger partial charge on any atom is 1.00 e. The first-order valence-corrected chi connectivity index (χ1v) is 2.10.